The van der Waals surface area contributed by atoms with Crippen molar-refractivity contribution in [3.8, 4) is 5.75 Å². The van der Waals surface area contributed by atoms with Gasteiger partial charge in [0.1, 0.15) is 18.4 Å². The Morgan fingerprint density at radius 1 is 1.32 bits per heavy atom. The third-order valence-electron chi connectivity index (χ3n) is 3.74. The molecule has 0 amide bonds. The molecule has 0 saturated carbocycles. The fraction of sp³-hybridized carbons (Fsp3) is 0.235. The van der Waals surface area contributed by atoms with Crippen LogP contribution in [0.15, 0.2) is 40.9 Å². The average molecular weight is 463 g/mol. The molecule has 1 saturated heterocycles. The van der Waals surface area contributed by atoms with Crippen LogP contribution in [-0.4, -0.2) is 22.9 Å². The van der Waals surface area contributed by atoms with Crippen molar-refractivity contribution in [2.75, 3.05) is 5.75 Å². The van der Waals surface area contributed by atoms with Crippen LogP contribution < -0.4 is 10.1 Å². The van der Waals surface area contributed by atoms with Gasteiger partial charge in [0.25, 0.3) is 0 Å². The first-order valence-corrected chi connectivity index (χ1v) is 10.0. The summed E-state index contributed by atoms with van der Waals surface area (Å²) in [7, 11) is 0. The van der Waals surface area contributed by atoms with Gasteiger partial charge < -0.3 is 9.84 Å². The highest BCUT2D eigenvalue weighted by Crippen LogP contribution is 2.36. The summed E-state index contributed by atoms with van der Waals surface area (Å²) in [5.41, 5.74) is 1.84. The van der Waals surface area contributed by atoms with Gasteiger partial charge in [-0.3, -0.25) is 10.1 Å². The van der Waals surface area contributed by atoms with Crippen LogP contribution in [0.2, 0.25) is 10.0 Å². The van der Waals surface area contributed by atoms with E-state index < -0.39 is 12.0 Å². The van der Waals surface area contributed by atoms with E-state index in [4.69, 9.17) is 33.0 Å². The number of halogens is 3. The summed E-state index contributed by atoms with van der Waals surface area (Å²) in [6.07, 6.45) is 0. The van der Waals surface area contributed by atoms with Crippen LogP contribution in [0.25, 0.3) is 0 Å². The first-order chi connectivity index (χ1) is 11.9. The van der Waals surface area contributed by atoms with Crippen LogP contribution >= 0.6 is 50.9 Å². The highest BCUT2D eigenvalue weighted by atomic mass is 79.9. The molecular weight excluding hydrogens is 449 g/mol. The third kappa shape index (κ3) is 4.63. The molecule has 2 aromatic rings. The van der Waals surface area contributed by atoms with Crippen LogP contribution in [0.3, 0.4) is 0 Å². The van der Waals surface area contributed by atoms with Crippen LogP contribution in [0.4, 0.5) is 0 Å². The van der Waals surface area contributed by atoms with E-state index >= 15 is 0 Å². The van der Waals surface area contributed by atoms with Gasteiger partial charge in [-0.25, -0.2) is 0 Å². The molecule has 1 aliphatic heterocycles. The van der Waals surface area contributed by atoms with E-state index in [1.54, 1.807) is 23.9 Å². The first kappa shape index (κ1) is 18.9. The molecule has 2 aromatic carbocycles. The Kier molecular flexibility index (Phi) is 6.17. The summed E-state index contributed by atoms with van der Waals surface area (Å²) in [6.45, 7) is 0.325. The zero-order chi connectivity index (χ0) is 18.0. The Morgan fingerprint density at radius 2 is 2.12 bits per heavy atom. The molecular formula is C17H14BrCl2NO3S. The fourth-order valence-electron chi connectivity index (χ4n) is 2.40. The van der Waals surface area contributed by atoms with Gasteiger partial charge in [0, 0.05) is 21.4 Å². The minimum atomic E-state index is -0.825. The monoisotopic (exact) mass is 461 g/mol. The normalized spacial score (nSPS) is 19.8. The number of nitrogens with one attached hydrogen (secondary N) is 1. The van der Waals surface area contributed by atoms with E-state index in [1.807, 2.05) is 24.3 Å². The summed E-state index contributed by atoms with van der Waals surface area (Å²) < 4.78 is 6.63. The maximum absolute atomic E-state index is 11.0. The van der Waals surface area contributed by atoms with Gasteiger partial charge in [0.15, 0.2) is 0 Å². The summed E-state index contributed by atoms with van der Waals surface area (Å²) in [5.74, 6) is 0.409. The van der Waals surface area contributed by atoms with Crippen LogP contribution in [0.5, 0.6) is 5.75 Å². The summed E-state index contributed by atoms with van der Waals surface area (Å²) in [6, 6.07) is 10.5. The lowest BCUT2D eigenvalue weighted by atomic mass is 10.2. The van der Waals surface area contributed by atoms with Gasteiger partial charge in [-0.2, -0.15) is 0 Å². The molecule has 3 rings (SSSR count). The topological polar surface area (TPSA) is 58.6 Å². The molecule has 0 aromatic heterocycles. The number of hydrogen-bond acceptors (Lipinski definition) is 4. The number of aliphatic carboxylic acids is 1. The summed E-state index contributed by atoms with van der Waals surface area (Å²) in [5, 5.41) is 13.3. The minimum Gasteiger partial charge on any atom is -0.488 e. The molecule has 1 fully saturated rings. The predicted octanol–water partition coefficient (Wildman–Crippen LogP) is 5.12. The molecule has 2 N–H and O–H groups in total. The number of thioether (sulfide) groups is 1. The van der Waals surface area contributed by atoms with Gasteiger partial charge in [-0.1, -0.05) is 35.3 Å². The SMILES string of the molecule is O=C(O)C1CSC(c2ccc(OCc3ccc(Cl)cc3Cl)c(Br)c2)N1. The molecule has 132 valence electrons. The standard InChI is InChI=1S/C17H14BrCl2NO3S/c18-12-5-9(16-21-14(8-25-16)17(22)23)2-4-15(12)24-7-10-1-3-11(19)6-13(10)20/h1-6,14,16,21H,7-8H2,(H,22,23). The Bertz CT molecular complexity index is 805. The Morgan fingerprint density at radius 3 is 2.76 bits per heavy atom. The lowest BCUT2D eigenvalue weighted by molar-refractivity contribution is -0.138. The number of carbonyl (C=O) groups is 1. The second-order valence-electron chi connectivity index (χ2n) is 5.49. The Labute approximate surface area is 168 Å². The van der Waals surface area contributed by atoms with Gasteiger partial charge in [-0.05, 0) is 45.8 Å². The average Bonchev–Trinajstić information content (AvgIpc) is 3.05. The lowest BCUT2D eigenvalue weighted by Crippen LogP contribution is -2.33. The molecule has 8 heteroatoms. The van der Waals surface area contributed by atoms with Crippen molar-refractivity contribution in [3.63, 3.8) is 0 Å². The molecule has 1 aliphatic rings. The Hall–Kier alpha value is -0.920. The van der Waals surface area contributed by atoms with E-state index in [2.05, 4.69) is 21.2 Å². The second kappa shape index (κ2) is 8.18. The van der Waals surface area contributed by atoms with E-state index in [0.717, 1.165) is 15.6 Å². The zero-order valence-corrected chi connectivity index (χ0v) is 16.8. The van der Waals surface area contributed by atoms with Gasteiger partial charge >= 0.3 is 5.97 Å². The van der Waals surface area contributed by atoms with Crippen molar-refractivity contribution in [1.82, 2.24) is 5.32 Å². The highest BCUT2D eigenvalue weighted by molar-refractivity contribution is 9.10. The van der Waals surface area contributed by atoms with E-state index in [0.29, 0.717) is 28.2 Å². The quantitative estimate of drug-likeness (QED) is 0.645. The van der Waals surface area contributed by atoms with E-state index in [-0.39, 0.29) is 5.37 Å². The smallest absolute Gasteiger partial charge is 0.321 e. The number of benzene rings is 2. The van der Waals surface area contributed by atoms with Crippen molar-refractivity contribution in [2.24, 2.45) is 0 Å². The number of carboxylic acid groups (broad SMARTS) is 1. The molecule has 2 atom stereocenters. The second-order valence-corrected chi connectivity index (χ2v) is 8.32. The van der Waals surface area contributed by atoms with Gasteiger partial charge in [0.2, 0.25) is 0 Å². The minimum absolute atomic E-state index is 0.0443. The lowest BCUT2D eigenvalue weighted by Gasteiger charge is -2.14. The molecule has 0 radical (unpaired) electrons. The zero-order valence-electron chi connectivity index (χ0n) is 12.8. The van der Waals surface area contributed by atoms with E-state index in [9.17, 15) is 4.79 Å². The maximum Gasteiger partial charge on any atom is 0.321 e. The third-order valence-corrected chi connectivity index (χ3v) is 6.21. The number of ether oxygens (including phenoxy) is 1. The van der Waals surface area contributed by atoms with Crippen molar-refractivity contribution in [3.05, 3.63) is 62.0 Å². The van der Waals surface area contributed by atoms with Crippen molar-refractivity contribution in [2.45, 2.75) is 18.0 Å². The molecule has 1 heterocycles. The Balaban J connectivity index is 1.67. The van der Waals surface area contributed by atoms with Crippen LogP contribution in [0.1, 0.15) is 16.5 Å². The number of rotatable bonds is 5. The molecule has 0 aliphatic carbocycles. The fourth-order valence-corrected chi connectivity index (χ4v) is 4.60. The van der Waals surface area contributed by atoms with Gasteiger partial charge in [0.05, 0.1) is 9.85 Å². The molecule has 25 heavy (non-hydrogen) atoms. The van der Waals surface area contributed by atoms with Crippen molar-refractivity contribution in [1.29, 1.82) is 0 Å². The summed E-state index contributed by atoms with van der Waals surface area (Å²) >= 11 is 17.1. The first-order valence-electron chi connectivity index (χ1n) is 7.40. The van der Waals surface area contributed by atoms with E-state index in [1.165, 1.54) is 0 Å². The van der Waals surface area contributed by atoms with Crippen LogP contribution in [-0.2, 0) is 11.4 Å². The number of carboxylic acids is 1. The maximum atomic E-state index is 11.0. The summed E-state index contributed by atoms with van der Waals surface area (Å²) in [4.78, 5) is 11.0. The highest BCUT2D eigenvalue weighted by Gasteiger charge is 2.30. The molecule has 0 bridgehead atoms. The van der Waals surface area contributed by atoms with Crippen molar-refractivity contribution < 1.29 is 14.6 Å². The molecule has 4 nitrogen and oxygen atoms in total. The van der Waals surface area contributed by atoms with Gasteiger partial charge in [-0.15, -0.1) is 11.8 Å². The number of hydrogen-bond donors (Lipinski definition) is 2. The molecule has 2 unspecified atom stereocenters. The molecule has 0 spiro atoms. The van der Waals surface area contributed by atoms with Crippen molar-refractivity contribution >= 4 is 56.9 Å². The predicted molar refractivity (Wildman–Crippen MR) is 105 cm³/mol. The van der Waals surface area contributed by atoms with Crippen LogP contribution in [0, 0.1) is 0 Å². The largest absolute Gasteiger partial charge is 0.488 e.